The minimum Gasteiger partial charge on any atom is -0.393 e. The van der Waals surface area contributed by atoms with Crippen LogP contribution < -0.4 is 0 Å². The predicted molar refractivity (Wildman–Crippen MR) is 97.8 cm³/mol. The number of hydrogen-bond donors (Lipinski definition) is 1. The van der Waals surface area contributed by atoms with E-state index in [0.717, 1.165) is 42.9 Å². The third kappa shape index (κ3) is 2.21. The van der Waals surface area contributed by atoms with E-state index in [-0.39, 0.29) is 11.5 Å². The fourth-order valence-corrected chi connectivity index (χ4v) is 7.55. The summed E-state index contributed by atoms with van der Waals surface area (Å²) >= 11 is 0. The molecule has 0 aromatic carbocycles. The quantitative estimate of drug-likeness (QED) is 0.643. The van der Waals surface area contributed by atoms with E-state index in [1.165, 1.54) is 38.5 Å². The standard InChI is InChI=1S/C23H32O/c1-4-12-23(5-2)14-11-19-18-7-6-16-15-17(24)10-13-22(16,3)20(18)8-9-21(19)23/h2,16-21,24H,6-11,13-15H2,1,3H3/t16-,17+,18?,19?,20?,21?,22-,23?/m0/s1. The maximum Gasteiger partial charge on any atom is 0.0946 e. The summed E-state index contributed by atoms with van der Waals surface area (Å²) in [6.07, 6.45) is 16.9. The van der Waals surface area contributed by atoms with E-state index in [4.69, 9.17) is 6.42 Å². The largest absolute Gasteiger partial charge is 0.393 e. The third-order valence-electron chi connectivity index (χ3n) is 8.68. The topological polar surface area (TPSA) is 20.2 Å². The van der Waals surface area contributed by atoms with Crippen molar-refractivity contribution in [2.45, 2.75) is 77.7 Å². The Morgan fingerprint density at radius 1 is 0.958 bits per heavy atom. The van der Waals surface area contributed by atoms with E-state index in [0.29, 0.717) is 11.3 Å². The average molecular weight is 325 g/mol. The van der Waals surface area contributed by atoms with Crippen LogP contribution in [0.3, 0.4) is 0 Å². The molecule has 4 fully saturated rings. The highest BCUT2D eigenvalue weighted by atomic mass is 16.3. The van der Waals surface area contributed by atoms with Crippen LogP contribution in [-0.2, 0) is 0 Å². The van der Waals surface area contributed by atoms with Gasteiger partial charge in [-0.2, -0.15) is 0 Å². The van der Waals surface area contributed by atoms with Crippen LogP contribution in [0.15, 0.2) is 0 Å². The molecule has 0 amide bonds. The SMILES string of the molecule is C#CC1(C#CC)CCC2C3CC[C@H]4C[C@H](O)CC[C@]4(C)C3CCC21. The van der Waals surface area contributed by atoms with Crippen LogP contribution in [0, 0.1) is 64.6 Å². The zero-order chi connectivity index (χ0) is 16.9. The molecule has 4 aliphatic rings. The first-order chi connectivity index (χ1) is 11.5. The molecule has 4 rings (SSSR count). The number of terminal acetylenes is 1. The van der Waals surface area contributed by atoms with Gasteiger partial charge in [0, 0.05) is 0 Å². The van der Waals surface area contributed by atoms with Gasteiger partial charge in [0.1, 0.15) is 0 Å². The molecule has 1 heteroatoms. The zero-order valence-electron chi connectivity index (χ0n) is 15.4. The minimum atomic E-state index is -0.134. The van der Waals surface area contributed by atoms with Crippen LogP contribution in [-0.4, -0.2) is 11.2 Å². The molecule has 0 heterocycles. The molecule has 0 aliphatic heterocycles. The smallest absolute Gasteiger partial charge is 0.0946 e. The van der Waals surface area contributed by atoms with Crippen molar-refractivity contribution >= 4 is 0 Å². The molecule has 4 saturated carbocycles. The Balaban J connectivity index is 1.61. The summed E-state index contributed by atoms with van der Waals surface area (Å²) in [6, 6.07) is 0. The van der Waals surface area contributed by atoms with E-state index < -0.39 is 0 Å². The second kappa shape index (κ2) is 5.81. The van der Waals surface area contributed by atoms with Gasteiger partial charge >= 0.3 is 0 Å². The molecule has 0 bridgehead atoms. The predicted octanol–water partition coefficient (Wildman–Crippen LogP) is 4.64. The van der Waals surface area contributed by atoms with Gasteiger partial charge in [0.05, 0.1) is 11.5 Å². The monoisotopic (exact) mass is 324 g/mol. The lowest BCUT2D eigenvalue weighted by Crippen LogP contribution is -2.52. The first kappa shape index (κ1) is 16.5. The van der Waals surface area contributed by atoms with E-state index in [9.17, 15) is 5.11 Å². The van der Waals surface area contributed by atoms with E-state index in [1.54, 1.807) is 0 Å². The van der Waals surface area contributed by atoms with Crippen molar-refractivity contribution < 1.29 is 5.11 Å². The van der Waals surface area contributed by atoms with Gasteiger partial charge in [-0.05, 0) is 99.7 Å². The summed E-state index contributed by atoms with van der Waals surface area (Å²) in [7, 11) is 0. The van der Waals surface area contributed by atoms with E-state index in [1.807, 2.05) is 6.92 Å². The Bertz CT molecular complexity index is 604. The summed E-state index contributed by atoms with van der Waals surface area (Å²) in [5.41, 5.74) is 0.329. The Hall–Kier alpha value is -0.920. The van der Waals surface area contributed by atoms with Gasteiger partial charge in [-0.1, -0.05) is 18.8 Å². The fourth-order valence-electron chi connectivity index (χ4n) is 7.55. The highest BCUT2D eigenvalue weighted by molar-refractivity contribution is 5.30. The number of rotatable bonds is 0. The normalized spacial score (nSPS) is 52.9. The van der Waals surface area contributed by atoms with Crippen molar-refractivity contribution in [3.63, 3.8) is 0 Å². The molecule has 130 valence electrons. The lowest BCUT2D eigenvalue weighted by molar-refractivity contribution is -0.109. The Labute approximate surface area is 148 Å². The van der Waals surface area contributed by atoms with Crippen LogP contribution in [0.2, 0.25) is 0 Å². The van der Waals surface area contributed by atoms with Gasteiger partial charge in [-0.25, -0.2) is 0 Å². The Morgan fingerprint density at radius 3 is 2.46 bits per heavy atom. The van der Waals surface area contributed by atoms with Crippen molar-refractivity contribution in [1.29, 1.82) is 0 Å². The Kier molecular flexibility index (Phi) is 4.01. The van der Waals surface area contributed by atoms with Gasteiger partial charge in [0.2, 0.25) is 0 Å². The summed E-state index contributed by atoms with van der Waals surface area (Å²) in [5.74, 6) is 13.6. The summed E-state index contributed by atoms with van der Waals surface area (Å²) in [6.45, 7) is 4.49. The van der Waals surface area contributed by atoms with Crippen molar-refractivity contribution in [2.75, 3.05) is 0 Å². The number of hydrogen-bond acceptors (Lipinski definition) is 1. The molecule has 5 unspecified atom stereocenters. The van der Waals surface area contributed by atoms with Gasteiger partial charge in [0.15, 0.2) is 0 Å². The van der Waals surface area contributed by atoms with Crippen molar-refractivity contribution in [3.05, 3.63) is 0 Å². The molecule has 8 atom stereocenters. The highest BCUT2D eigenvalue weighted by Crippen LogP contribution is 2.65. The molecule has 0 aromatic heterocycles. The van der Waals surface area contributed by atoms with Crippen molar-refractivity contribution in [1.82, 2.24) is 0 Å². The molecule has 24 heavy (non-hydrogen) atoms. The van der Waals surface area contributed by atoms with Gasteiger partial charge in [0.25, 0.3) is 0 Å². The van der Waals surface area contributed by atoms with Crippen LogP contribution in [0.1, 0.15) is 71.6 Å². The number of aliphatic hydroxyl groups is 1. The molecular weight excluding hydrogens is 292 g/mol. The maximum atomic E-state index is 10.1. The summed E-state index contributed by atoms with van der Waals surface area (Å²) < 4.78 is 0. The number of aliphatic hydroxyl groups excluding tert-OH is 1. The van der Waals surface area contributed by atoms with Gasteiger partial charge in [-0.3, -0.25) is 0 Å². The first-order valence-corrected chi connectivity index (χ1v) is 10.1. The minimum absolute atomic E-state index is 0.0450. The van der Waals surface area contributed by atoms with Crippen LogP contribution in [0.25, 0.3) is 0 Å². The molecule has 4 aliphatic carbocycles. The molecule has 1 nitrogen and oxygen atoms in total. The zero-order valence-corrected chi connectivity index (χ0v) is 15.4. The van der Waals surface area contributed by atoms with Crippen molar-refractivity contribution in [3.8, 4) is 24.2 Å². The molecule has 0 radical (unpaired) electrons. The molecule has 0 saturated heterocycles. The third-order valence-corrected chi connectivity index (χ3v) is 8.68. The lowest BCUT2D eigenvalue weighted by atomic mass is 9.46. The second-order valence-electron chi connectivity index (χ2n) is 9.36. The molecule has 0 aromatic rings. The van der Waals surface area contributed by atoms with Crippen LogP contribution in [0.5, 0.6) is 0 Å². The number of fused-ring (bicyclic) bond motifs is 5. The van der Waals surface area contributed by atoms with Crippen LogP contribution >= 0.6 is 0 Å². The van der Waals surface area contributed by atoms with Crippen molar-refractivity contribution in [2.24, 2.45) is 40.4 Å². The average Bonchev–Trinajstić information content (AvgIpc) is 2.95. The van der Waals surface area contributed by atoms with E-state index >= 15 is 0 Å². The molecule has 1 N–H and O–H groups in total. The highest BCUT2D eigenvalue weighted by Gasteiger charge is 2.59. The second-order valence-corrected chi connectivity index (χ2v) is 9.36. The van der Waals surface area contributed by atoms with Gasteiger partial charge in [-0.15, -0.1) is 12.3 Å². The fraction of sp³-hybridized carbons (Fsp3) is 0.826. The van der Waals surface area contributed by atoms with Gasteiger partial charge < -0.3 is 5.11 Å². The first-order valence-electron chi connectivity index (χ1n) is 10.1. The Morgan fingerprint density at radius 2 is 1.71 bits per heavy atom. The summed E-state index contributed by atoms with van der Waals surface area (Å²) in [4.78, 5) is 0. The maximum absolute atomic E-state index is 10.1. The lowest BCUT2D eigenvalue weighted by Gasteiger charge is -2.59. The molecule has 0 spiro atoms. The van der Waals surface area contributed by atoms with Crippen LogP contribution in [0.4, 0.5) is 0 Å². The molecular formula is C23H32O. The van der Waals surface area contributed by atoms with E-state index in [2.05, 4.69) is 24.7 Å². The summed E-state index contributed by atoms with van der Waals surface area (Å²) in [5, 5.41) is 10.1.